The summed E-state index contributed by atoms with van der Waals surface area (Å²) in [7, 11) is 1.79. The van der Waals surface area contributed by atoms with Crippen molar-refractivity contribution in [2.24, 2.45) is 4.99 Å². The average molecular weight is 390 g/mol. The minimum absolute atomic E-state index is 0.180. The SMILES string of the molecule is CCc1cnc(CNC(=NC)NC2CCCN(c3ccc(F)cc3C)C2)s1. The molecule has 2 heterocycles. The van der Waals surface area contributed by atoms with Gasteiger partial charge in [0.2, 0.25) is 0 Å². The minimum atomic E-state index is -0.180. The summed E-state index contributed by atoms with van der Waals surface area (Å²) in [6.45, 7) is 6.66. The molecular weight excluding hydrogens is 361 g/mol. The first kappa shape index (κ1) is 19.6. The molecule has 0 radical (unpaired) electrons. The monoisotopic (exact) mass is 389 g/mol. The molecule has 0 saturated carbocycles. The van der Waals surface area contributed by atoms with Crippen LogP contribution < -0.4 is 15.5 Å². The Hall–Kier alpha value is -2.15. The van der Waals surface area contributed by atoms with E-state index in [1.54, 1.807) is 30.5 Å². The van der Waals surface area contributed by atoms with Crippen LogP contribution in [0.25, 0.3) is 0 Å². The van der Waals surface area contributed by atoms with Gasteiger partial charge in [-0.25, -0.2) is 9.37 Å². The summed E-state index contributed by atoms with van der Waals surface area (Å²) in [5.74, 6) is 0.617. The lowest BCUT2D eigenvalue weighted by Gasteiger charge is -2.36. The van der Waals surface area contributed by atoms with Gasteiger partial charge in [0.25, 0.3) is 0 Å². The molecule has 1 aliphatic heterocycles. The van der Waals surface area contributed by atoms with Gasteiger partial charge in [0.15, 0.2) is 5.96 Å². The van der Waals surface area contributed by atoms with Crippen LogP contribution in [0.4, 0.5) is 10.1 Å². The molecule has 1 aliphatic rings. The molecule has 1 aromatic heterocycles. The van der Waals surface area contributed by atoms with Gasteiger partial charge in [-0.05, 0) is 49.9 Å². The zero-order valence-electron chi connectivity index (χ0n) is 16.3. The molecule has 146 valence electrons. The number of hydrogen-bond acceptors (Lipinski definition) is 4. The van der Waals surface area contributed by atoms with Crippen LogP contribution in [0.1, 0.15) is 35.2 Å². The summed E-state index contributed by atoms with van der Waals surface area (Å²) in [6.07, 6.45) is 5.15. The molecule has 0 amide bonds. The highest BCUT2D eigenvalue weighted by Crippen LogP contribution is 2.24. The van der Waals surface area contributed by atoms with Crippen LogP contribution in [0.2, 0.25) is 0 Å². The van der Waals surface area contributed by atoms with E-state index in [4.69, 9.17) is 0 Å². The van der Waals surface area contributed by atoms with Crippen molar-refractivity contribution in [3.05, 3.63) is 45.7 Å². The highest BCUT2D eigenvalue weighted by atomic mass is 32.1. The summed E-state index contributed by atoms with van der Waals surface area (Å²) in [6, 6.07) is 5.33. The number of guanidine groups is 1. The van der Waals surface area contributed by atoms with Gasteiger partial charge in [0.05, 0.1) is 6.54 Å². The van der Waals surface area contributed by atoms with Crippen LogP contribution in [0, 0.1) is 12.7 Å². The van der Waals surface area contributed by atoms with Gasteiger partial charge >= 0.3 is 0 Å². The lowest BCUT2D eigenvalue weighted by atomic mass is 10.0. The van der Waals surface area contributed by atoms with Crippen molar-refractivity contribution in [3.63, 3.8) is 0 Å². The number of rotatable bonds is 5. The molecule has 7 heteroatoms. The minimum Gasteiger partial charge on any atom is -0.369 e. The predicted molar refractivity (Wildman–Crippen MR) is 111 cm³/mol. The molecular formula is C20H28FN5S. The maximum atomic E-state index is 13.4. The van der Waals surface area contributed by atoms with E-state index in [1.807, 2.05) is 19.2 Å². The molecule has 1 unspecified atom stereocenters. The van der Waals surface area contributed by atoms with E-state index in [1.165, 1.54) is 4.88 Å². The number of hydrogen-bond donors (Lipinski definition) is 2. The fraction of sp³-hybridized carbons (Fsp3) is 0.500. The highest BCUT2D eigenvalue weighted by molar-refractivity contribution is 7.11. The van der Waals surface area contributed by atoms with E-state index in [0.717, 1.165) is 54.6 Å². The lowest BCUT2D eigenvalue weighted by molar-refractivity contribution is 0.467. The fourth-order valence-corrected chi connectivity index (χ4v) is 4.23. The third-order valence-corrected chi connectivity index (χ3v) is 5.98. The number of aryl methyl sites for hydroxylation is 2. The molecule has 1 saturated heterocycles. The molecule has 5 nitrogen and oxygen atoms in total. The normalized spacial score (nSPS) is 17.9. The Morgan fingerprint density at radius 1 is 1.44 bits per heavy atom. The molecule has 27 heavy (non-hydrogen) atoms. The molecule has 0 aliphatic carbocycles. The summed E-state index contributed by atoms with van der Waals surface area (Å²) in [5.41, 5.74) is 2.09. The second-order valence-corrected chi connectivity index (χ2v) is 8.06. The van der Waals surface area contributed by atoms with E-state index >= 15 is 0 Å². The number of nitrogens with one attached hydrogen (secondary N) is 2. The Morgan fingerprint density at radius 2 is 2.30 bits per heavy atom. The van der Waals surface area contributed by atoms with Gasteiger partial charge in [-0.2, -0.15) is 0 Å². The molecule has 2 N–H and O–H groups in total. The molecule has 1 atom stereocenters. The van der Waals surface area contributed by atoms with Gasteiger partial charge in [-0.15, -0.1) is 11.3 Å². The smallest absolute Gasteiger partial charge is 0.191 e. The van der Waals surface area contributed by atoms with E-state index in [-0.39, 0.29) is 5.82 Å². The van der Waals surface area contributed by atoms with Crippen molar-refractivity contribution in [2.45, 2.75) is 45.7 Å². The van der Waals surface area contributed by atoms with Crippen molar-refractivity contribution >= 4 is 23.0 Å². The van der Waals surface area contributed by atoms with E-state index < -0.39 is 0 Å². The number of nitrogens with zero attached hydrogens (tertiary/aromatic N) is 3. The quantitative estimate of drug-likeness (QED) is 0.607. The van der Waals surface area contributed by atoms with Gasteiger partial charge in [-0.3, -0.25) is 4.99 Å². The third kappa shape index (κ3) is 5.19. The van der Waals surface area contributed by atoms with E-state index in [0.29, 0.717) is 12.6 Å². The first-order chi connectivity index (χ1) is 13.1. The maximum absolute atomic E-state index is 13.4. The number of halogens is 1. The number of thiazole rings is 1. The fourth-order valence-electron chi connectivity index (χ4n) is 3.43. The van der Waals surface area contributed by atoms with Crippen LogP contribution in [-0.4, -0.2) is 37.1 Å². The van der Waals surface area contributed by atoms with Crippen molar-refractivity contribution in [2.75, 3.05) is 25.0 Å². The molecule has 1 fully saturated rings. The molecule has 1 aromatic carbocycles. The summed E-state index contributed by atoms with van der Waals surface area (Å²) in [4.78, 5) is 12.4. The molecule has 3 rings (SSSR count). The van der Waals surface area contributed by atoms with E-state index in [9.17, 15) is 4.39 Å². The zero-order chi connectivity index (χ0) is 19.2. The standard InChI is InChI=1S/C20H28FN5S/c1-4-17-11-23-19(27-17)12-24-20(22-3)25-16-6-5-9-26(13-16)18-8-7-15(21)10-14(18)2/h7-8,10-11,16H,4-6,9,12-13H2,1-3H3,(H2,22,24,25). The lowest BCUT2D eigenvalue weighted by Crippen LogP contribution is -2.51. The molecule has 2 aromatic rings. The Morgan fingerprint density at radius 3 is 3.00 bits per heavy atom. The van der Waals surface area contributed by atoms with Gasteiger partial charge < -0.3 is 15.5 Å². The second kappa shape index (κ2) is 9.17. The van der Waals surface area contributed by atoms with Crippen LogP contribution >= 0.6 is 11.3 Å². The van der Waals surface area contributed by atoms with Crippen LogP contribution in [0.5, 0.6) is 0 Å². The number of aromatic nitrogens is 1. The molecule has 0 bridgehead atoms. The zero-order valence-corrected chi connectivity index (χ0v) is 17.1. The van der Waals surface area contributed by atoms with Crippen molar-refractivity contribution < 1.29 is 4.39 Å². The Labute approximate surface area is 164 Å². The number of aliphatic imine (C=N–C) groups is 1. The van der Waals surface area contributed by atoms with Gasteiger partial charge in [-0.1, -0.05) is 6.92 Å². The van der Waals surface area contributed by atoms with Gasteiger partial charge in [0, 0.05) is 42.9 Å². The largest absolute Gasteiger partial charge is 0.369 e. The first-order valence-electron chi connectivity index (χ1n) is 9.51. The second-order valence-electron chi connectivity index (χ2n) is 6.86. The highest BCUT2D eigenvalue weighted by Gasteiger charge is 2.22. The van der Waals surface area contributed by atoms with Crippen LogP contribution in [0.3, 0.4) is 0 Å². The Balaban J connectivity index is 1.56. The third-order valence-electron chi connectivity index (χ3n) is 4.84. The Kier molecular flexibility index (Phi) is 6.66. The van der Waals surface area contributed by atoms with Gasteiger partial charge in [0.1, 0.15) is 10.8 Å². The van der Waals surface area contributed by atoms with E-state index in [2.05, 4.69) is 32.4 Å². The first-order valence-corrected chi connectivity index (χ1v) is 10.3. The van der Waals surface area contributed by atoms with Crippen molar-refractivity contribution in [3.8, 4) is 0 Å². The van der Waals surface area contributed by atoms with Crippen molar-refractivity contribution in [1.29, 1.82) is 0 Å². The van der Waals surface area contributed by atoms with Crippen LogP contribution in [0.15, 0.2) is 29.4 Å². The summed E-state index contributed by atoms with van der Waals surface area (Å²) < 4.78 is 13.4. The Bertz CT molecular complexity index is 788. The van der Waals surface area contributed by atoms with Crippen LogP contribution in [-0.2, 0) is 13.0 Å². The number of piperidine rings is 1. The summed E-state index contributed by atoms with van der Waals surface area (Å²) >= 11 is 1.74. The average Bonchev–Trinajstić information content (AvgIpc) is 3.13. The number of benzene rings is 1. The van der Waals surface area contributed by atoms with Crippen molar-refractivity contribution in [1.82, 2.24) is 15.6 Å². The maximum Gasteiger partial charge on any atom is 0.191 e. The number of anilines is 1. The summed E-state index contributed by atoms with van der Waals surface area (Å²) in [5, 5.41) is 7.96. The predicted octanol–water partition coefficient (Wildman–Crippen LogP) is 3.49. The molecule has 0 spiro atoms. The topological polar surface area (TPSA) is 52.6 Å².